The lowest BCUT2D eigenvalue weighted by molar-refractivity contribution is -0.117. The Labute approximate surface area is 109 Å². The van der Waals surface area contributed by atoms with Crippen molar-refractivity contribution >= 4 is 17.5 Å². The number of hydrogen-bond acceptors (Lipinski definition) is 2. The van der Waals surface area contributed by atoms with Crippen molar-refractivity contribution in [2.75, 3.05) is 5.75 Å². The standard InChI is InChI=1S/C15H22OS/c1-4-13(5-2)10-14(16)11-17-15-9-7-6-8-12(15)3/h6-9,13H,4-5,10-11H2,1-3H3. The molecule has 0 N–H and O–H groups in total. The average Bonchev–Trinajstić information content (AvgIpc) is 2.35. The number of thioether (sulfide) groups is 1. The molecule has 94 valence electrons. The molecule has 0 aromatic heterocycles. The van der Waals surface area contributed by atoms with Crippen LogP contribution >= 0.6 is 11.8 Å². The van der Waals surface area contributed by atoms with Crippen LogP contribution in [-0.4, -0.2) is 11.5 Å². The van der Waals surface area contributed by atoms with E-state index >= 15 is 0 Å². The van der Waals surface area contributed by atoms with Crippen LogP contribution in [-0.2, 0) is 4.79 Å². The number of carbonyl (C=O) groups is 1. The normalized spacial score (nSPS) is 10.8. The maximum atomic E-state index is 11.8. The van der Waals surface area contributed by atoms with Crippen LogP contribution in [0.1, 0.15) is 38.7 Å². The van der Waals surface area contributed by atoms with Crippen LogP contribution in [0.25, 0.3) is 0 Å². The largest absolute Gasteiger partial charge is 0.299 e. The smallest absolute Gasteiger partial charge is 0.143 e. The summed E-state index contributed by atoms with van der Waals surface area (Å²) in [4.78, 5) is 13.1. The summed E-state index contributed by atoms with van der Waals surface area (Å²) in [5, 5.41) is 0. The van der Waals surface area contributed by atoms with E-state index in [0.29, 0.717) is 17.5 Å². The van der Waals surface area contributed by atoms with E-state index in [0.717, 1.165) is 19.3 Å². The lowest BCUT2D eigenvalue weighted by Crippen LogP contribution is -2.09. The van der Waals surface area contributed by atoms with Crippen LogP contribution in [0.2, 0.25) is 0 Å². The first kappa shape index (κ1) is 14.3. The van der Waals surface area contributed by atoms with Crippen molar-refractivity contribution in [3.05, 3.63) is 29.8 Å². The van der Waals surface area contributed by atoms with E-state index in [4.69, 9.17) is 0 Å². The van der Waals surface area contributed by atoms with Crippen LogP contribution in [0.3, 0.4) is 0 Å². The third-order valence-corrected chi connectivity index (χ3v) is 4.39. The second kappa shape index (κ2) is 7.54. The predicted molar refractivity (Wildman–Crippen MR) is 75.6 cm³/mol. The molecule has 1 aromatic rings. The van der Waals surface area contributed by atoms with Gasteiger partial charge in [0, 0.05) is 11.3 Å². The average molecular weight is 250 g/mol. The molecule has 0 amide bonds. The number of benzene rings is 1. The number of aryl methyl sites for hydroxylation is 1. The highest BCUT2D eigenvalue weighted by atomic mass is 32.2. The van der Waals surface area contributed by atoms with Gasteiger partial charge in [0.2, 0.25) is 0 Å². The molecule has 17 heavy (non-hydrogen) atoms. The van der Waals surface area contributed by atoms with Crippen molar-refractivity contribution in [3.8, 4) is 0 Å². The first-order valence-corrected chi connectivity index (χ1v) is 7.36. The van der Waals surface area contributed by atoms with E-state index in [9.17, 15) is 4.79 Å². The molecule has 0 bridgehead atoms. The van der Waals surface area contributed by atoms with E-state index < -0.39 is 0 Å². The number of rotatable bonds is 7. The van der Waals surface area contributed by atoms with Gasteiger partial charge in [-0.1, -0.05) is 44.9 Å². The van der Waals surface area contributed by atoms with Crippen LogP contribution in [0.15, 0.2) is 29.2 Å². The van der Waals surface area contributed by atoms with E-state index in [-0.39, 0.29) is 0 Å². The van der Waals surface area contributed by atoms with Gasteiger partial charge >= 0.3 is 0 Å². The van der Waals surface area contributed by atoms with E-state index in [1.807, 2.05) is 12.1 Å². The zero-order chi connectivity index (χ0) is 12.7. The summed E-state index contributed by atoms with van der Waals surface area (Å²) < 4.78 is 0. The fourth-order valence-corrected chi connectivity index (χ4v) is 2.74. The molecule has 0 saturated heterocycles. The van der Waals surface area contributed by atoms with E-state index in [2.05, 4.69) is 32.9 Å². The Balaban J connectivity index is 2.41. The van der Waals surface area contributed by atoms with Crippen molar-refractivity contribution in [2.24, 2.45) is 5.92 Å². The highest BCUT2D eigenvalue weighted by molar-refractivity contribution is 8.00. The molecule has 0 atom stereocenters. The van der Waals surface area contributed by atoms with Gasteiger partial charge in [0.05, 0.1) is 5.75 Å². The molecular weight excluding hydrogens is 228 g/mol. The van der Waals surface area contributed by atoms with Gasteiger partial charge < -0.3 is 0 Å². The molecule has 1 nitrogen and oxygen atoms in total. The quantitative estimate of drug-likeness (QED) is 0.664. The van der Waals surface area contributed by atoms with Gasteiger partial charge in [0.15, 0.2) is 0 Å². The van der Waals surface area contributed by atoms with Crippen molar-refractivity contribution in [2.45, 2.75) is 44.9 Å². The summed E-state index contributed by atoms with van der Waals surface area (Å²) >= 11 is 1.67. The summed E-state index contributed by atoms with van der Waals surface area (Å²) in [5.74, 6) is 1.56. The second-order valence-corrected chi connectivity index (χ2v) is 5.50. The maximum Gasteiger partial charge on any atom is 0.143 e. The highest BCUT2D eigenvalue weighted by Crippen LogP contribution is 2.23. The Bertz CT molecular complexity index is 356. The third kappa shape index (κ3) is 4.95. The Kier molecular flexibility index (Phi) is 6.35. The molecule has 0 unspecified atom stereocenters. The monoisotopic (exact) mass is 250 g/mol. The minimum absolute atomic E-state index is 0.381. The zero-order valence-corrected chi connectivity index (χ0v) is 11.8. The first-order valence-electron chi connectivity index (χ1n) is 6.37. The van der Waals surface area contributed by atoms with Crippen molar-refractivity contribution in [1.82, 2.24) is 0 Å². The van der Waals surface area contributed by atoms with Gasteiger partial charge in [-0.05, 0) is 24.5 Å². The zero-order valence-electron chi connectivity index (χ0n) is 11.0. The summed E-state index contributed by atoms with van der Waals surface area (Å²) in [7, 11) is 0. The molecule has 1 rings (SSSR count). The Morgan fingerprint density at radius 2 is 1.88 bits per heavy atom. The van der Waals surface area contributed by atoms with Crippen LogP contribution in [0.4, 0.5) is 0 Å². The number of carbonyl (C=O) groups excluding carboxylic acids is 1. The first-order chi connectivity index (χ1) is 8.17. The Morgan fingerprint density at radius 3 is 2.47 bits per heavy atom. The fourth-order valence-electron chi connectivity index (χ4n) is 1.83. The lowest BCUT2D eigenvalue weighted by atomic mass is 9.98. The van der Waals surface area contributed by atoms with Gasteiger partial charge in [-0.15, -0.1) is 11.8 Å². The highest BCUT2D eigenvalue weighted by Gasteiger charge is 2.10. The molecule has 0 aliphatic carbocycles. The van der Waals surface area contributed by atoms with Gasteiger partial charge in [-0.2, -0.15) is 0 Å². The fraction of sp³-hybridized carbons (Fsp3) is 0.533. The summed E-state index contributed by atoms with van der Waals surface area (Å²) in [6.07, 6.45) is 2.96. The van der Waals surface area contributed by atoms with Crippen molar-refractivity contribution < 1.29 is 4.79 Å². The van der Waals surface area contributed by atoms with Crippen molar-refractivity contribution in [3.63, 3.8) is 0 Å². The molecule has 0 saturated carbocycles. The number of ketones is 1. The van der Waals surface area contributed by atoms with Gasteiger partial charge in [0.25, 0.3) is 0 Å². The minimum Gasteiger partial charge on any atom is -0.299 e. The Morgan fingerprint density at radius 1 is 1.24 bits per heavy atom. The topological polar surface area (TPSA) is 17.1 Å². The molecule has 0 heterocycles. The summed E-state index contributed by atoms with van der Waals surface area (Å²) in [5.41, 5.74) is 1.26. The SMILES string of the molecule is CCC(CC)CC(=O)CSc1ccccc1C. The number of Topliss-reactive ketones (excluding diaryl/α,β-unsaturated/α-hetero) is 1. The molecule has 0 spiro atoms. The van der Waals surface area contributed by atoms with Gasteiger partial charge in [0.1, 0.15) is 5.78 Å². The molecule has 0 aliphatic heterocycles. The van der Waals surface area contributed by atoms with Crippen LogP contribution in [0, 0.1) is 12.8 Å². The van der Waals surface area contributed by atoms with E-state index in [1.165, 1.54) is 10.5 Å². The van der Waals surface area contributed by atoms with Crippen molar-refractivity contribution in [1.29, 1.82) is 0 Å². The summed E-state index contributed by atoms with van der Waals surface area (Å²) in [6.45, 7) is 6.42. The Hall–Kier alpha value is -0.760. The lowest BCUT2D eigenvalue weighted by Gasteiger charge is -2.11. The molecule has 0 radical (unpaired) electrons. The van der Waals surface area contributed by atoms with Crippen LogP contribution in [0.5, 0.6) is 0 Å². The number of hydrogen-bond donors (Lipinski definition) is 0. The molecule has 2 heteroatoms. The van der Waals surface area contributed by atoms with E-state index in [1.54, 1.807) is 11.8 Å². The molecule has 1 aromatic carbocycles. The molecular formula is C15H22OS. The predicted octanol–water partition coefficient (Wildman–Crippen LogP) is 4.48. The summed E-state index contributed by atoms with van der Waals surface area (Å²) in [6, 6.07) is 8.24. The minimum atomic E-state index is 0.381. The molecule has 0 fully saturated rings. The van der Waals surface area contributed by atoms with Crippen LogP contribution < -0.4 is 0 Å². The third-order valence-electron chi connectivity index (χ3n) is 3.15. The second-order valence-electron chi connectivity index (χ2n) is 4.48. The van der Waals surface area contributed by atoms with Gasteiger partial charge in [-0.25, -0.2) is 0 Å². The molecule has 0 aliphatic rings. The van der Waals surface area contributed by atoms with Gasteiger partial charge in [-0.3, -0.25) is 4.79 Å². The maximum absolute atomic E-state index is 11.8.